The second-order valence-corrected chi connectivity index (χ2v) is 10.8. The molecule has 4 unspecified atom stereocenters. The van der Waals surface area contributed by atoms with Crippen LogP contribution in [0.1, 0.15) is 45.9 Å². The maximum Gasteiger partial charge on any atom is 0.168 e. The molecule has 0 amide bonds. The number of aldehydes is 1. The Labute approximate surface area is 226 Å². The number of benzene rings is 1. The van der Waals surface area contributed by atoms with Crippen molar-refractivity contribution < 1.29 is 18.3 Å². The van der Waals surface area contributed by atoms with Crippen molar-refractivity contribution in [1.29, 1.82) is 0 Å². The maximum atomic E-state index is 15.5. The van der Waals surface area contributed by atoms with Crippen LogP contribution in [-0.4, -0.2) is 54.1 Å². The topological polar surface area (TPSA) is 90.1 Å². The van der Waals surface area contributed by atoms with Crippen LogP contribution in [0.3, 0.4) is 0 Å². The maximum absolute atomic E-state index is 15.5. The molecule has 3 aromatic rings. The number of aryl methyl sites for hydroxylation is 1. The first-order valence-electron chi connectivity index (χ1n) is 12.7. The van der Waals surface area contributed by atoms with Crippen LogP contribution in [0, 0.1) is 24.5 Å². The molecule has 4 atom stereocenters. The van der Waals surface area contributed by atoms with Crippen LogP contribution in [0.25, 0.3) is 11.3 Å². The van der Waals surface area contributed by atoms with E-state index >= 15 is 4.39 Å². The lowest BCUT2D eigenvalue weighted by Gasteiger charge is -2.41. The van der Waals surface area contributed by atoms with E-state index in [2.05, 4.69) is 15.3 Å². The molecule has 0 aliphatic heterocycles. The molecule has 1 saturated carbocycles. The number of carbonyl (C=O) groups is 1. The van der Waals surface area contributed by atoms with Gasteiger partial charge in [-0.1, -0.05) is 6.07 Å². The minimum atomic E-state index is -0.680. The van der Waals surface area contributed by atoms with Crippen LogP contribution in [0.15, 0.2) is 42.7 Å². The number of ether oxygens (including phenoxy) is 1. The molecule has 1 aliphatic carbocycles. The Hall–Kier alpha value is -2.88. The van der Waals surface area contributed by atoms with Crippen molar-refractivity contribution in [2.75, 3.05) is 31.0 Å². The normalized spacial score (nSPS) is 21.3. The Morgan fingerprint density at radius 1 is 1.21 bits per heavy atom. The van der Waals surface area contributed by atoms with Crippen molar-refractivity contribution in [3.05, 3.63) is 76.7 Å². The summed E-state index contributed by atoms with van der Waals surface area (Å²) in [5.41, 5.74) is 10.1. The lowest BCUT2D eigenvalue weighted by Crippen LogP contribution is -2.48. The van der Waals surface area contributed by atoms with E-state index in [1.54, 1.807) is 31.1 Å². The molecule has 0 bridgehead atoms. The van der Waals surface area contributed by atoms with E-state index < -0.39 is 11.6 Å². The van der Waals surface area contributed by atoms with Gasteiger partial charge in [-0.25, -0.2) is 13.8 Å². The second-order valence-electron chi connectivity index (χ2n) is 9.80. The van der Waals surface area contributed by atoms with E-state index in [0.717, 1.165) is 41.5 Å². The number of hydrogen-bond acceptors (Lipinski definition) is 7. The Kier molecular flexibility index (Phi) is 9.46. The summed E-state index contributed by atoms with van der Waals surface area (Å²) >= 11 is 1.70. The first-order valence-corrected chi connectivity index (χ1v) is 14.1. The summed E-state index contributed by atoms with van der Waals surface area (Å²) in [7, 11) is 1.87. The molecule has 3 N–H and O–H groups in total. The highest BCUT2D eigenvalue weighted by atomic mass is 32.2. The van der Waals surface area contributed by atoms with Gasteiger partial charge in [0.1, 0.15) is 23.0 Å². The number of carbonyl (C=O) groups excluding carboxylic acids is 1. The van der Waals surface area contributed by atoms with Gasteiger partial charge in [0.15, 0.2) is 6.29 Å². The standard InChI is InChI=1S/C29H34F2N4O2S/c1-17-10-19(27(24(31)11-17)28-23(30)5-4-21(16-36)35-28)13-20-12-18(22-6-7-34-15-26(22)33-2)14-25(32)29(20)37-8-9-38-3/h4-7,10-11,15-16,18,20,25,29,33H,8-9,12-14,32H2,1-3H3. The van der Waals surface area contributed by atoms with Gasteiger partial charge in [-0.2, -0.15) is 11.8 Å². The number of nitrogens with two attached hydrogens (primary N) is 1. The third-order valence-electron chi connectivity index (χ3n) is 7.22. The number of halogens is 2. The SMILES string of the molecule is CNc1cnccc1C1CC(N)C(OCCSC)C(Cc2cc(C)cc(F)c2-c2nc(C=O)ccc2F)C1. The lowest BCUT2D eigenvalue weighted by molar-refractivity contribution is -0.0208. The average molecular weight is 541 g/mol. The molecule has 0 spiro atoms. The van der Waals surface area contributed by atoms with Gasteiger partial charge in [0.05, 0.1) is 24.6 Å². The quantitative estimate of drug-likeness (QED) is 0.263. The number of rotatable bonds is 10. The minimum Gasteiger partial charge on any atom is -0.387 e. The summed E-state index contributed by atoms with van der Waals surface area (Å²) in [5.74, 6) is -0.322. The predicted octanol–water partition coefficient (Wildman–Crippen LogP) is 5.40. The summed E-state index contributed by atoms with van der Waals surface area (Å²) in [5, 5.41) is 3.22. The van der Waals surface area contributed by atoms with Crippen molar-refractivity contribution >= 4 is 23.7 Å². The van der Waals surface area contributed by atoms with Gasteiger partial charge in [0.2, 0.25) is 0 Å². The van der Waals surface area contributed by atoms with Crippen LogP contribution < -0.4 is 11.1 Å². The molecule has 6 nitrogen and oxygen atoms in total. The number of hydrogen-bond donors (Lipinski definition) is 2. The van der Waals surface area contributed by atoms with Gasteiger partial charge in [-0.3, -0.25) is 9.78 Å². The van der Waals surface area contributed by atoms with Gasteiger partial charge < -0.3 is 15.8 Å². The Morgan fingerprint density at radius 3 is 2.76 bits per heavy atom. The highest BCUT2D eigenvalue weighted by molar-refractivity contribution is 7.98. The van der Waals surface area contributed by atoms with Crippen LogP contribution in [0.2, 0.25) is 0 Å². The summed E-state index contributed by atoms with van der Waals surface area (Å²) < 4.78 is 36.7. The molecule has 0 radical (unpaired) electrons. The molecule has 38 heavy (non-hydrogen) atoms. The molecule has 202 valence electrons. The lowest BCUT2D eigenvalue weighted by atomic mass is 9.71. The van der Waals surface area contributed by atoms with Crippen molar-refractivity contribution in [3.63, 3.8) is 0 Å². The summed E-state index contributed by atoms with van der Waals surface area (Å²) in [6, 6.07) is 7.45. The number of pyridine rings is 2. The minimum absolute atomic E-state index is 0.0441. The molecule has 1 aromatic carbocycles. The molecule has 2 heterocycles. The molecule has 9 heteroatoms. The Balaban J connectivity index is 1.75. The zero-order valence-corrected chi connectivity index (χ0v) is 22.7. The van der Waals surface area contributed by atoms with Gasteiger partial charge in [0.25, 0.3) is 0 Å². The first-order chi connectivity index (χ1) is 18.4. The van der Waals surface area contributed by atoms with Crippen LogP contribution in [-0.2, 0) is 11.2 Å². The molecule has 0 saturated heterocycles. The summed E-state index contributed by atoms with van der Waals surface area (Å²) in [6.45, 7) is 2.37. The molecule has 1 fully saturated rings. The highest BCUT2D eigenvalue weighted by Gasteiger charge is 2.38. The Morgan fingerprint density at radius 2 is 2.03 bits per heavy atom. The van der Waals surface area contributed by atoms with E-state index in [9.17, 15) is 9.18 Å². The Bertz CT molecular complexity index is 1280. The monoisotopic (exact) mass is 540 g/mol. The van der Waals surface area contributed by atoms with Crippen molar-refractivity contribution in [3.8, 4) is 11.3 Å². The first kappa shape index (κ1) is 28.1. The third-order valence-corrected chi connectivity index (χ3v) is 7.79. The fraction of sp³-hybridized carbons (Fsp3) is 0.414. The third kappa shape index (κ3) is 6.22. The molecule has 4 rings (SSSR count). The van der Waals surface area contributed by atoms with E-state index in [4.69, 9.17) is 10.5 Å². The zero-order valence-electron chi connectivity index (χ0n) is 21.9. The van der Waals surface area contributed by atoms with Crippen molar-refractivity contribution in [1.82, 2.24) is 9.97 Å². The van der Waals surface area contributed by atoms with E-state index in [1.807, 2.05) is 25.4 Å². The fourth-order valence-corrected chi connectivity index (χ4v) is 5.84. The summed E-state index contributed by atoms with van der Waals surface area (Å²) in [4.78, 5) is 19.7. The average Bonchev–Trinajstić information content (AvgIpc) is 2.90. The van der Waals surface area contributed by atoms with Crippen molar-refractivity contribution in [2.24, 2.45) is 11.7 Å². The molecular formula is C29H34F2N4O2S. The zero-order chi connectivity index (χ0) is 27.2. The predicted molar refractivity (Wildman–Crippen MR) is 149 cm³/mol. The van der Waals surface area contributed by atoms with E-state index in [-0.39, 0.29) is 40.9 Å². The van der Waals surface area contributed by atoms with Crippen LogP contribution in [0.4, 0.5) is 14.5 Å². The van der Waals surface area contributed by atoms with Crippen molar-refractivity contribution in [2.45, 2.75) is 44.2 Å². The number of thioether (sulfide) groups is 1. The van der Waals surface area contributed by atoms with Crippen LogP contribution in [0.5, 0.6) is 0 Å². The summed E-state index contributed by atoms with van der Waals surface area (Å²) in [6.07, 6.45) is 7.82. The number of aromatic nitrogens is 2. The smallest absolute Gasteiger partial charge is 0.168 e. The van der Waals surface area contributed by atoms with Gasteiger partial charge >= 0.3 is 0 Å². The van der Waals surface area contributed by atoms with Gasteiger partial charge in [-0.15, -0.1) is 0 Å². The fourth-order valence-electron chi connectivity index (χ4n) is 5.58. The number of anilines is 1. The number of nitrogens with one attached hydrogen (secondary N) is 1. The largest absolute Gasteiger partial charge is 0.387 e. The number of nitrogens with zero attached hydrogens (tertiary/aromatic N) is 2. The van der Waals surface area contributed by atoms with Gasteiger partial charge in [0, 0.05) is 30.6 Å². The van der Waals surface area contributed by atoms with Crippen LogP contribution >= 0.6 is 11.8 Å². The molecular weight excluding hydrogens is 506 g/mol. The van der Waals surface area contributed by atoms with E-state index in [0.29, 0.717) is 24.9 Å². The van der Waals surface area contributed by atoms with Gasteiger partial charge in [-0.05, 0) is 85.2 Å². The molecule has 2 aromatic heterocycles. The highest BCUT2D eigenvalue weighted by Crippen LogP contribution is 2.42. The van der Waals surface area contributed by atoms with E-state index in [1.165, 1.54) is 12.1 Å². The molecule has 1 aliphatic rings. The second kappa shape index (κ2) is 12.8.